The second-order valence-corrected chi connectivity index (χ2v) is 8.35. The van der Waals surface area contributed by atoms with Gasteiger partial charge in [-0.3, -0.25) is 0 Å². The van der Waals surface area contributed by atoms with Gasteiger partial charge < -0.3 is 9.32 Å². The van der Waals surface area contributed by atoms with Gasteiger partial charge in [-0.25, -0.2) is 17.7 Å². The van der Waals surface area contributed by atoms with Gasteiger partial charge in [0.15, 0.2) is 5.89 Å². The molecule has 0 saturated carbocycles. The van der Waals surface area contributed by atoms with Crippen LogP contribution in [0.2, 0.25) is 0 Å². The van der Waals surface area contributed by atoms with Crippen molar-refractivity contribution in [1.29, 1.82) is 0 Å². The van der Waals surface area contributed by atoms with Crippen molar-refractivity contribution in [2.45, 2.75) is 19.8 Å². The average molecular weight is 299 g/mol. The van der Waals surface area contributed by atoms with Gasteiger partial charge in [0.05, 0.1) is 17.9 Å². The normalized spacial score (nSPS) is 27.1. The van der Waals surface area contributed by atoms with E-state index in [0.29, 0.717) is 13.1 Å². The Bertz CT molecular complexity index is 604. The van der Waals surface area contributed by atoms with Crippen molar-refractivity contribution in [2.75, 3.05) is 39.0 Å². The largest absolute Gasteiger partial charge is 0.446 e. The zero-order chi connectivity index (χ0) is 14.5. The highest BCUT2D eigenvalue weighted by Crippen LogP contribution is 2.49. The molecule has 0 aromatic carbocycles. The molecule has 3 heterocycles. The second kappa shape index (κ2) is 4.54. The molecule has 1 spiro atoms. The summed E-state index contributed by atoms with van der Waals surface area (Å²) in [5.41, 5.74) is -0.0334. The lowest BCUT2D eigenvalue weighted by molar-refractivity contribution is 0.0583. The molecule has 2 fully saturated rings. The first-order chi connectivity index (χ1) is 9.36. The van der Waals surface area contributed by atoms with Crippen molar-refractivity contribution in [2.24, 2.45) is 5.41 Å². The summed E-state index contributed by atoms with van der Waals surface area (Å²) in [4.78, 5) is 6.59. The van der Waals surface area contributed by atoms with Gasteiger partial charge in [-0.2, -0.15) is 0 Å². The highest BCUT2D eigenvalue weighted by molar-refractivity contribution is 7.89. The maximum Gasteiger partial charge on any atom is 0.213 e. The molecule has 1 aromatic heterocycles. The number of oxazole rings is 1. The zero-order valence-corrected chi connectivity index (χ0v) is 13.0. The molecule has 20 heavy (non-hydrogen) atoms. The minimum Gasteiger partial charge on any atom is -0.446 e. The van der Waals surface area contributed by atoms with Crippen molar-refractivity contribution in [1.82, 2.24) is 14.2 Å². The third-order valence-corrected chi connectivity index (χ3v) is 6.27. The Morgan fingerprint density at radius 1 is 1.45 bits per heavy atom. The molecule has 0 radical (unpaired) electrons. The molecule has 2 aliphatic rings. The fraction of sp³-hybridized carbons (Fsp3) is 0.769. The standard InChI is InChI=1S/C13H21N3O3S/c1-4-20(17,18)16-8-13(9-16)7-15(3)6-11(13)12-14-5-10(2)19-12/h5,11H,4,6-9H2,1-3H3. The third-order valence-electron chi connectivity index (χ3n) is 4.50. The molecule has 0 aliphatic carbocycles. The number of rotatable bonds is 3. The van der Waals surface area contributed by atoms with Crippen molar-refractivity contribution in [3.05, 3.63) is 17.8 Å². The van der Waals surface area contributed by atoms with Crippen LogP contribution in [-0.4, -0.2) is 61.6 Å². The lowest BCUT2D eigenvalue weighted by atomic mass is 9.73. The van der Waals surface area contributed by atoms with E-state index in [1.165, 1.54) is 0 Å². The van der Waals surface area contributed by atoms with E-state index in [1.54, 1.807) is 17.4 Å². The van der Waals surface area contributed by atoms with Crippen LogP contribution in [0.25, 0.3) is 0 Å². The van der Waals surface area contributed by atoms with Crippen LogP contribution in [0, 0.1) is 12.3 Å². The topological polar surface area (TPSA) is 66.7 Å². The van der Waals surface area contributed by atoms with Crippen LogP contribution in [0.4, 0.5) is 0 Å². The number of sulfonamides is 1. The van der Waals surface area contributed by atoms with Gasteiger partial charge in [-0.1, -0.05) is 0 Å². The average Bonchev–Trinajstić information content (AvgIpc) is 2.90. The number of aromatic nitrogens is 1. The predicted molar refractivity (Wildman–Crippen MR) is 74.9 cm³/mol. The molecule has 3 rings (SSSR count). The van der Waals surface area contributed by atoms with Gasteiger partial charge in [-0.05, 0) is 20.9 Å². The summed E-state index contributed by atoms with van der Waals surface area (Å²) in [6.07, 6.45) is 1.74. The van der Waals surface area contributed by atoms with Crippen LogP contribution < -0.4 is 0 Å². The minimum atomic E-state index is -3.08. The van der Waals surface area contributed by atoms with Gasteiger partial charge in [0.1, 0.15) is 5.76 Å². The molecule has 1 aromatic rings. The van der Waals surface area contributed by atoms with Crippen LogP contribution in [0.5, 0.6) is 0 Å². The van der Waals surface area contributed by atoms with Crippen molar-refractivity contribution in [3.8, 4) is 0 Å². The van der Waals surface area contributed by atoms with E-state index < -0.39 is 10.0 Å². The number of likely N-dealkylation sites (N-methyl/N-ethyl adjacent to an activating group) is 1. The zero-order valence-electron chi connectivity index (χ0n) is 12.2. The molecule has 0 amide bonds. The molecular weight excluding hydrogens is 278 g/mol. The number of nitrogens with zero attached hydrogens (tertiary/aromatic N) is 3. The molecule has 7 heteroatoms. The third kappa shape index (κ3) is 2.08. The van der Waals surface area contributed by atoms with E-state index in [0.717, 1.165) is 24.7 Å². The van der Waals surface area contributed by atoms with E-state index in [-0.39, 0.29) is 17.1 Å². The SMILES string of the molecule is CCS(=O)(=O)N1CC2(CN(C)CC2c2ncc(C)o2)C1. The van der Waals surface area contributed by atoms with Gasteiger partial charge in [0.25, 0.3) is 0 Å². The Hall–Kier alpha value is -0.920. The molecule has 112 valence electrons. The molecule has 2 saturated heterocycles. The number of hydrogen-bond donors (Lipinski definition) is 0. The summed E-state index contributed by atoms with van der Waals surface area (Å²) in [5.74, 6) is 1.91. The van der Waals surface area contributed by atoms with Crippen LogP contribution in [0.15, 0.2) is 10.6 Å². The van der Waals surface area contributed by atoms with E-state index in [2.05, 4.69) is 16.9 Å². The summed E-state index contributed by atoms with van der Waals surface area (Å²) >= 11 is 0. The molecular formula is C13H21N3O3S. The van der Waals surface area contributed by atoms with Crippen LogP contribution in [0.3, 0.4) is 0 Å². The molecule has 0 bridgehead atoms. The molecule has 0 N–H and O–H groups in total. The quantitative estimate of drug-likeness (QED) is 0.820. The van der Waals surface area contributed by atoms with Crippen molar-refractivity contribution < 1.29 is 12.8 Å². The lowest BCUT2D eigenvalue weighted by Gasteiger charge is -2.49. The van der Waals surface area contributed by atoms with Crippen molar-refractivity contribution in [3.63, 3.8) is 0 Å². The summed E-state index contributed by atoms with van der Waals surface area (Å²) < 4.78 is 31.1. The van der Waals surface area contributed by atoms with Gasteiger partial charge in [0, 0.05) is 31.6 Å². The predicted octanol–water partition coefficient (Wildman–Crippen LogP) is 0.664. The highest BCUT2D eigenvalue weighted by atomic mass is 32.2. The maximum absolute atomic E-state index is 11.9. The maximum atomic E-state index is 11.9. The summed E-state index contributed by atoms with van der Waals surface area (Å²) in [5, 5.41) is 0. The Morgan fingerprint density at radius 3 is 2.70 bits per heavy atom. The van der Waals surface area contributed by atoms with Crippen LogP contribution >= 0.6 is 0 Å². The summed E-state index contributed by atoms with van der Waals surface area (Å²) in [6, 6.07) is 0. The fourth-order valence-electron chi connectivity index (χ4n) is 3.45. The van der Waals surface area contributed by atoms with Crippen LogP contribution in [-0.2, 0) is 10.0 Å². The Kier molecular flexibility index (Phi) is 3.19. The molecule has 6 nitrogen and oxygen atoms in total. The number of likely N-dealkylation sites (tertiary alicyclic amines) is 1. The first kappa shape index (κ1) is 14.0. The summed E-state index contributed by atoms with van der Waals surface area (Å²) in [6.45, 7) is 6.51. The fourth-order valence-corrected chi connectivity index (χ4v) is 4.72. The highest BCUT2D eigenvalue weighted by Gasteiger charge is 2.57. The molecule has 2 aliphatic heterocycles. The number of hydrogen-bond acceptors (Lipinski definition) is 5. The summed E-state index contributed by atoms with van der Waals surface area (Å²) in [7, 11) is -1.01. The minimum absolute atomic E-state index is 0.0334. The van der Waals surface area contributed by atoms with E-state index in [1.807, 2.05) is 6.92 Å². The Morgan fingerprint density at radius 2 is 2.15 bits per heavy atom. The number of aryl methyl sites for hydroxylation is 1. The van der Waals surface area contributed by atoms with Gasteiger partial charge >= 0.3 is 0 Å². The van der Waals surface area contributed by atoms with Crippen LogP contribution in [0.1, 0.15) is 24.5 Å². The van der Waals surface area contributed by atoms with E-state index >= 15 is 0 Å². The second-order valence-electron chi connectivity index (χ2n) is 6.09. The van der Waals surface area contributed by atoms with Gasteiger partial charge in [0.2, 0.25) is 10.0 Å². The van der Waals surface area contributed by atoms with E-state index in [4.69, 9.17) is 4.42 Å². The van der Waals surface area contributed by atoms with Gasteiger partial charge in [-0.15, -0.1) is 0 Å². The lowest BCUT2D eigenvalue weighted by Crippen LogP contribution is -2.61. The Labute approximate surface area is 119 Å². The molecule has 1 atom stereocenters. The smallest absolute Gasteiger partial charge is 0.213 e. The van der Waals surface area contributed by atoms with E-state index in [9.17, 15) is 8.42 Å². The first-order valence-electron chi connectivity index (χ1n) is 6.95. The monoisotopic (exact) mass is 299 g/mol. The molecule has 1 unspecified atom stereocenters. The first-order valence-corrected chi connectivity index (χ1v) is 8.56. The van der Waals surface area contributed by atoms with Crippen molar-refractivity contribution >= 4 is 10.0 Å². The Balaban J connectivity index is 1.83.